The van der Waals surface area contributed by atoms with Crippen molar-refractivity contribution in [3.63, 3.8) is 0 Å². The average Bonchev–Trinajstić information content (AvgIpc) is 3.32. The molecule has 0 radical (unpaired) electrons. The van der Waals surface area contributed by atoms with Gasteiger partial charge in [0.25, 0.3) is 0 Å². The average molecular weight is 551 g/mol. The highest BCUT2D eigenvalue weighted by Gasteiger charge is 2.33. The van der Waals surface area contributed by atoms with Gasteiger partial charge in [-0.1, -0.05) is 40.2 Å². The fourth-order valence-electron chi connectivity index (χ4n) is 5.52. The number of rotatable bonds is 18. The van der Waals surface area contributed by atoms with E-state index < -0.39 is 18.2 Å². The lowest BCUT2D eigenvalue weighted by Gasteiger charge is -2.31. The summed E-state index contributed by atoms with van der Waals surface area (Å²) in [5.41, 5.74) is 7.73. The number of benzene rings is 1. The van der Waals surface area contributed by atoms with E-state index in [0.717, 1.165) is 49.8 Å². The SMILES string of the molecule is CCC(C)[C@@H](Cc1ccc(OC)c(OCCCOC)c1)C[C@H](N)[C@@H](O)C[C@H](C(=O)N[C@H]1CCC[C@@H]1O)C(C)C. The minimum Gasteiger partial charge on any atom is -0.493 e. The van der Waals surface area contributed by atoms with E-state index in [1.54, 1.807) is 14.2 Å². The van der Waals surface area contributed by atoms with E-state index in [9.17, 15) is 15.0 Å². The zero-order valence-electron chi connectivity index (χ0n) is 25.0. The Morgan fingerprint density at radius 1 is 1.13 bits per heavy atom. The van der Waals surface area contributed by atoms with Crippen molar-refractivity contribution in [2.75, 3.05) is 27.4 Å². The molecule has 1 aliphatic carbocycles. The number of carbonyl (C=O) groups is 1. The van der Waals surface area contributed by atoms with Gasteiger partial charge in [0.2, 0.25) is 5.91 Å². The first kappa shape index (κ1) is 33.3. The number of aliphatic hydroxyl groups excluding tert-OH is 2. The van der Waals surface area contributed by atoms with Crippen LogP contribution in [0, 0.1) is 23.7 Å². The molecular formula is C31H54N2O6. The smallest absolute Gasteiger partial charge is 0.223 e. The van der Waals surface area contributed by atoms with Gasteiger partial charge in [-0.2, -0.15) is 0 Å². The molecule has 2 rings (SSSR count). The van der Waals surface area contributed by atoms with Crippen molar-refractivity contribution in [3.05, 3.63) is 23.8 Å². The molecule has 1 unspecified atom stereocenters. The quantitative estimate of drug-likeness (QED) is 0.203. The predicted molar refractivity (Wildman–Crippen MR) is 155 cm³/mol. The minimum atomic E-state index is -0.793. The van der Waals surface area contributed by atoms with Crippen LogP contribution in [0.15, 0.2) is 18.2 Å². The Kier molecular flexibility index (Phi) is 14.6. The van der Waals surface area contributed by atoms with Crippen molar-refractivity contribution >= 4 is 5.91 Å². The number of nitrogens with two attached hydrogens (primary N) is 1. The van der Waals surface area contributed by atoms with Crippen LogP contribution in [0.4, 0.5) is 0 Å². The molecule has 0 heterocycles. The van der Waals surface area contributed by atoms with Crippen LogP contribution in [0.1, 0.15) is 78.2 Å². The monoisotopic (exact) mass is 550 g/mol. The van der Waals surface area contributed by atoms with Gasteiger partial charge in [-0.25, -0.2) is 0 Å². The molecule has 7 atom stereocenters. The summed E-state index contributed by atoms with van der Waals surface area (Å²) in [4.78, 5) is 13.1. The molecule has 1 fully saturated rings. The van der Waals surface area contributed by atoms with Crippen LogP contribution in [0.25, 0.3) is 0 Å². The van der Waals surface area contributed by atoms with Crippen LogP contribution in [0.3, 0.4) is 0 Å². The van der Waals surface area contributed by atoms with Crippen molar-refractivity contribution in [3.8, 4) is 11.5 Å². The van der Waals surface area contributed by atoms with E-state index in [-0.39, 0.29) is 29.7 Å². The first-order chi connectivity index (χ1) is 18.6. The van der Waals surface area contributed by atoms with E-state index in [1.165, 1.54) is 0 Å². The summed E-state index contributed by atoms with van der Waals surface area (Å²) >= 11 is 0. The molecule has 0 aromatic heterocycles. The molecule has 1 saturated carbocycles. The molecule has 1 aliphatic rings. The second-order valence-corrected chi connectivity index (χ2v) is 11.7. The molecule has 0 saturated heterocycles. The molecule has 8 nitrogen and oxygen atoms in total. The summed E-state index contributed by atoms with van der Waals surface area (Å²) in [6.45, 7) is 9.58. The van der Waals surface area contributed by atoms with Crippen molar-refractivity contribution in [2.24, 2.45) is 29.4 Å². The van der Waals surface area contributed by atoms with Gasteiger partial charge in [-0.05, 0) is 74.0 Å². The van der Waals surface area contributed by atoms with Crippen molar-refractivity contribution in [1.82, 2.24) is 5.32 Å². The molecule has 0 aliphatic heterocycles. The fraction of sp³-hybridized carbons (Fsp3) is 0.774. The molecule has 0 spiro atoms. The van der Waals surface area contributed by atoms with Crippen LogP contribution < -0.4 is 20.5 Å². The van der Waals surface area contributed by atoms with Gasteiger partial charge in [0.15, 0.2) is 11.5 Å². The summed E-state index contributed by atoms with van der Waals surface area (Å²) < 4.78 is 16.6. The van der Waals surface area contributed by atoms with Crippen LogP contribution in [0.2, 0.25) is 0 Å². The molecule has 224 valence electrons. The normalized spacial score (nSPS) is 21.3. The van der Waals surface area contributed by atoms with E-state index in [1.807, 2.05) is 26.0 Å². The van der Waals surface area contributed by atoms with E-state index in [4.69, 9.17) is 19.9 Å². The zero-order chi connectivity index (χ0) is 28.9. The van der Waals surface area contributed by atoms with Crippen molar-refractivity contribution < 1.29 is 29.2 Å². The second kappa shape index (κ2) is 17.1. The maximum absolute atomic E-state index is 13.1. The highest BCUT2D eigenvalue weighted by molar-refractivity contribution is 5.79. The van der Waals surface area contributed by atoms with Gasteiger partial charge in [0, 0.05) is 32.1 Å². The van der Waals surface area contributed by atoms with Gasteiger partial charge in [0.1, 0.15) is 0 Å². The molecule has 1 aromatic carbocycles. The Labute approximate surface area is 236 Å². The van der Waals surface area contributed by atoms with E-state index in [2.05, 4.69) is 25.2 Å². The van der Waals surface area contributed by atoms with Gasteiger partial charge in [-0.3, -0.25) is 4.79 Å². The summed E-state index contributed by atoms with van der Waals surface area (Å²) in [7, 11) is 3.32. The van der Waals surface area contributed by atoms with Crippen LogP contribution in [-0.4, -0.2) is 67.8 Å². The summed E-state index contributed by atoms with van der Waals surface area (Å²) in [6.07, 6.45) is 4.72. The fourth-order valence-corrected chi connectivity index (χ4v) is 5.52. The Bertz CT molecular complexity index is 850. The number of hydrogen-bond acceptors (Lipinski definition) is 7. The number of carbonyl (C=O) groups excluding carboxylic acids is 1. The Balaban J connectivity index is 2.05. The number of nitrogens with one attached hydrogen (secondary N) is 1. The largest absolute Gasteiger partial charge is 0.493 e. The molecule has 8 heteroatoms. The van der Waals surface area contributed by atoms with Crippen molar-refractivity contribution in [1.29, 1.82) is 0 Å². The number of hydrogen-bond donors (Lipinski definition) is 4. The minimum absolute atomic E-state index is 0.0531. The van der Waals surface area contributed by atoms with Gasteiger partial charge in [0.05, 0.1) is 32.0 Å². The standard InChI is InChI=1S/C31H54N2O6/c1-7-21(4)23(16-22-12-13-29(38-6)30(17-22)39-15-9-14-37-5)18-25(32)28(35)19-24(20(2)3)31(36)33-26-10-8-11-27(26)34/h12-13,17,20-21,23-28,34-35H,7-11,14-16,18-19,32H2,1-6H3,(H,33,36)/t21?,23-,24-,25-,26-,27-,28-/m0/s1. The summed E-state index contributed by atoms with van der Waals surface area (Å²) in [6, 6.07) is 5.40. The lowest BCUT2D eigenvalue weighted by molar-refractivity contribution is -0.129. The summed E-state index contributed by atoms with van der Waals surface area (Å²) in [5, 5.41) is 24.3. The Morgan fingerprint density at radius 3 is 2.46 bits per heavy atom. The third-order valence-electron chi connectivity index (χ3n) is 8.44. The predicted octanol–water partition coefficient (Wildman–Crippen LogP) is 4.09. The zero-order valence-corrected chi connectivity index (χ0v) is 25.0. The van der Waals surface area contributed by atoms with E-state index >= 15 is 0 Å². The third kappa shape index (κ3) is 10.6. The molecule has 5 N–H and O–H groups in total. The van der Waals surface area contributed by atoms with Gasteiger partial charge < -0.3 is 35.5 Å². The van der Waals surface area contributed by atoms with Gasteiger partial charge in [-0.15, -0.1) is 0 Å². The topological polar surface area (TPSA) is 123 Å². The number of methoxy groups -OCH3 is 2. The third-order valence-corrected chi connectivity index (χ3v) is 8.44. The molecule has 39 heavy (non-hydrogen) atoms. The molecule has 1 amide bonds. The number of amides is 1. The Hall–Kier alpha value is -1.87. The van der Waals surface area contributed by atoms with Crippen LogP contribution in [-0.2, 0) is 16.0 Å². The number of ether oxygens (including phenoxy) is 3. The highest BCUT2D eigenvalue weighted by Crippen LogP contribution is 2.32. The first-order valence-electron chi connectivity index (χ1n) is 14.8. The molecular weight excluding hydrogens is 496 g/mol. The van der Waals surface area contributed by atoms with Gasteiger partial charge >= 0.3 is 0 Å². The first-order valence-corrected chi connectivity index (χ1v) is 14.8. The van der Waals surface area contributed by atoms with Crippen molar-refractivity contribution in [2.45, 2.75) is 103 Å². The lowest BCUT2D eigenvalue weighted by Crippen LogP contribution is -2.46. The highest BCUT2D eigenvalue weighted by atomic mass is 16.5. The Morgan fingerprint density at radius 2 is 1.87 bits per heavy atom. The van der Waals surface area contributed by atoms with E-state index in [0.29, 0.717) is 37.7 Å². The molecule has 0 bridgehead atoms. The summed E-state index contributed by atoms with van der Waals surface area (Å²) in [5.74, 6) is 1.68. The number of aliphatic hydroxyl groups is 2. The van der Waals surface area contributed by atoms with Crippen LogP contribution >= 0.6 is 0 Å². The van der Waals surface area contributed by atoms with Crippen LogP contribution in [0.5, 0.6) is 11.5 Å². The maximum Gasteiger partial charge on any atom is 0.223 e. The molecule has 1 aromatic rings. The lowest BCUT2D eigenvalue weighted by atomic mass is 9.79. The second-order valence-electron chi connectivity index (χ2n) is 11.7. The maximum atomic E-state index is 13.1.